The number of sulfonamides is 1. The Labute approximate surface area is 141 Å². The Morgan fingerprint density at radius 1 is 1.40 bits per heavy atom. The first-order valence-corrected chi connectivity index (χ1v) is 8.36. The fourth-order valence-corrected chi connectivity index (χ4v) is 3.26. The predicted molar refractivity (Wildman–Crippen MR) is 79.9 cm³/mol. The number of alkyl halides is 3. The Morgan fingerprint density at radius 2 is 2.12 bits per heavy atom. The summed E-state index contributed by atoms with van der Waals surface area (Å²) >= 11 is 0. The highest BCUT2D eigenvalue weighted by atomic mass is 32.2. The molecule has 2 aromatic rings. The van der Waals surface area contributed by atoms with E-state index in [1.54, 1.807) is 0 Å². The smallest absolute Gasteiger partial charge is 0.416 e. The number of rotatable bonds is 6. The minimum Gasteiger partial charge on any atom is -0.468 e. The number of aromatic nitrogens is 2. The number of H-pyrrole nitrogens is 1. The molecular weight excluding hydrogens is 363 g/mol. The number of halogens is 3. The van der Waals surface area contributed by atoms with Crippen LogP contribution in [-0.2, 0) is 32.2 Å². The topological polar surface area (TPSA) is 101 Å². The number of esters is 1. The summed E-state index contributed by atoms with van der Waals surface area (Å²) < 4.78 is 69.6. The van der Waals surface area contributed by atoms with Crippen LogP contribution in [0.2, 0.25) is 0 Å². The molecule has 0 radical (unpaired) electrons. The molecule has 0 bridgehead atoms. The highest BCUT2D eigenvalue weighted by molar-refractivity contribution is 7.89. The van der Waals surface area contributed by atoms with Gasteiger partial charge in [0.05, 0.1) is 23.9 Å². The van der Waals surface area contributed by atoms with Crippen molar-refractivity contribution in [3.63, 3.8) is 0 Å². The fourth-order valence-electron chi connectivity index (χ4n) is 2.03. The summed E-state index contributed by atoms with van der Waals surface area (Å²) in [7, 11) is -3.32. The number of benzene rings is 1. The monoisotopic (exact) mass is 377 g/mol. The Balaban J connectivity index is 2.29. The van der Waals surface area contributed by atoms with Gasteiger partial charge in [-0.15, -0.1) is 0 Å². The molecule has 136 valence electrons. The fraction of sp³-hybridized carbons (Fsp3) is 0.286. The first-order chi connectivity index (χ1) is 11.6. The SMILES string of the molecule is COC(=O)C(Cc1cnc[nH]1)NS(=O)(=O)c1cccc(C(F)(F)F)c1. The summed E-state index contributed by atoms with van der Waals surface area (Å²) in [5, 5.41) is 0. The Bertz CT molecular complexity index is 835. The maximum atomic E-state index is 12.8. The Morgan fingerprint density at radius 3 is 2.68 bits per heavy atom. The largest absolute Gasteiger partial charge is 0.468 e. The van der Waals surface area contributed by atoms with Crippen molar-refractivity contribution in [1.82, 2.24) is 14.7 Å². The molecule has 7 nitrogen and oxygen atoms in total. The Kier molecular flexibility index (Phi) is 5.48. The third-order valence-electron chi connectivity index (χ3n) is 3.23. The summed E-state index contributed by atoms with van der Waals surface area (Å²) in [4.78, 5) is 17.6. The van der Waals surface area contributed by atoms with E-state index >= 15 is 0 Å². The van der Waals surface area contributed by atoms with Crippen LogP contribution in [-0.4, -0.2) is 37.5 Å². The lowest BCUT2D eigenvalue weighted by atomic mass is 10.2. The molecule has 0 aliphatic rings. The number of carbonyl (C=O) groups excluding carboxylic acids is 1. The first-order valence-electron chi connectivity index (χ1n) is 6.88. The van der Waals surface area contributed by atoms with Gasteiger partial charge in [0.1, 0.15) is 6.04 Å². The van der Waals surface area contributed by atoms with Gasteiger partial charge < -0.3 is 9.72 Å². The third kappa shape index (κ3) is 4.79. The molecule has 0 fully saturated rings. The van der Waals surface area contributed by atoms with Crippen LogP contribution in [0.5, 0.6) is 0 Å². The zero-order valence-electron chi connectivity index (χ0n) is 12.9. The van der Waals surface area contributed by atoms with Gasteiger partial charge in [-0.25, -0.2) is 13.4 Å². The van der Waals surface area contributed by atoms with E-state index in [1.165, 1.54) is 12.5 Å². The van der Waals surface area contributed by atoms with Crippen LogP contribution in [0.25, 0.3) is 0 Å². The molecule has 2 rings (SSSR count). The van der Waals surface area contributed by atoms with Gasteiger partial charge in [0.2, 0.25) is 10.0 Å². The molecule has 1 aromatic heterocycles. The molecular formula is C14H14F3N3O4S. The number of aromatic amines is 1. The number of imidazole rings is 1. The number of nitrogens with one attached hydrogen (secondary N) is 2. The van der Waals surface area contributed by atoms with E-state index < -0.39 is 38.7 Å². The van der Waals surface area contributed by atoms with Gasteiger partial charge in [-0.2, -0.15) is 17.9 Å². The minimum absolute atomic E-state index is 0.106. The van der Waals surface area contributed by atoms with Crippen LogP contribution < -0.4 is 4.72 Å². The molecule has 2 N–H and O–H groups in total. The van der Waals surface area contributed by atoms with Crippen molar-refractivity contribution >= 4 is 16.0 Å². The highest BCUT2D eigenvalue weighted by Gasteiger charge is 2.33. The van der Waals surface area contributed by atoms with Crippen molar-refractivity contribution in [3.05, 3.63) is 48.0 Å². The molecule has 0 saturated carbocycles. The number of ether oxygens (including phenoxy) is 1. The molecule has 0 spiro atoms. The summed E-state index contributed by atoms with van der Waals surface area (Å²) in [6.45, 7) is 0. The van der Waals surface area contributed by atoms with Crippen molar-refractivity contribution in [2.24, 2.45) is 0 Å². The van der Waals surface area contributed by atoms with Gasteiger partial charge in [-0.1, -0.05) is 6.07 Å². The molecule has 1 unspecified atom stereocenters. The van der Waals surface area contributed by atoms with E-state index in [2.05, 4.69) is 19.4 Å². The lowest BCUT2D eigenvalue weighted by Gasteiger charge is -2.16. The number of hydrogen-bond donors (Lipinski definition) is 2. The zero-order chi connectivity index (χ0) is 18.7. The van der Waals surface area contributed by atoms with E-state index in [4.69, 9.17) is 0 Å². The Hall–Kier alpha value is -2.40. The van der Waals surface area contributed by atoms with E-state index in [1.807, 2.05) is 0 Å². The quantitative estimate of drug-likeness (QED) is 0.743. The predicted octanol–water partition coefficient (Wildman–Crippen LogP) is 1.49. The van der Waals surface area contributed by atoms with Gasteiger partial charge >= 0.3 is 12.1 Å². The highest BCUT2D eigenvalue weighted by Crippen LogP contribution is 2.30. The summed E-state index contributed by atoms with van der Waals surface area (Å²) in [6.07, 6.45) is -2.08. The molecule has 0 aliphatic heterocycles. The molecule has 25 heavy (non-hydrogen) atoms. The van der Waals surface area contributed by atoms with E-state index in [-0.39, 0.29) is 6.42 Å². The van der Waals surface area contributed by atoms with Crippen molar-refractivity contribution in [3.8, 4) is 0 Å². The number of nitrogens with zero attached hydrogens (tertiary/aromatic N) is 1. The second-order valence-corrected chi connectivity index (χ2v) is 6.72. The summed E-state index contributed by atoms with van der Waals surface area (Å²) in [5.74, 6) is -0.884. The average Bonchev–Trinajstić information content (AvgIpc) is 3.05. The molecule has 0 aliphatic carbocycles. The van der Waals surface area contributed by atoms with Crippen molar-refractivity contribution in [1.29, 1.82) is 0 Å². The first kappa shape index (κ1) is 18.9. The van der Waals surface area contributed by atoms with Crippen LogP contribution in [0.3, 0.4) is 0 Å². The second-order valence-electron chi connectivity index (χ2n) is 5.00. The lowest BCUT2D eigenvalue weighted by Crippen LogP contribution is -2.43. The molecule has 1 heterocycles. The number of methoxy groups -OCH3 is 1. The average molecular weight is 377 g/mol. The zero-order valence-corrected chi connectivity index (χ0v) is 13.7. The molecule has 0 saturated heterocycles. The summed E-state index contributed by atoms with van der Waals surface area (Å²) in [6, 6.07) is 1.89. The van der Waals surface area contributed by atoms with Crippen LogP contribution >= 0.6 is 0 Å². The maximum Gasteiger partial charge on any atom is 0.416 e. The van der Waals surface area contributed by atoms with Crippen molar-refractivity contribution < 1.29 is 31.1 Å². The van der Waals surface area contributed by atoms with Crippen LogP contribution in [0, 0.1) is 0 Å². The molecule has 1 aromatic carbocycles. The number of hydrogen-bond acceptors (Lipinski definition) is 5. The van der Waals surface area contributed by atoms with Crippen molar-refractivity contribution in [2.45, 2.75) is 23.5 Å². The molecule has 0 amide bonds. The van der Waals surface area contributed by atoms with Crippen LogP contribution in [0.1, 0.15) is 11.3 Å². The minimum atomic E-state index is -4.69. The maximum absolute atomic E-state index is 12.8. The van der Waals surface area contributed by atoms with Gasteiger partial charge in [0.25, 0.3) is 0 Å². The van der Waals surface area contributed by atoms with E-state index in [0.717, 1.165) is 25.3 Å². The van der Waals surface area contributed by atoms with Crippen molar-refractivity contribution in [2.75, 3.05) is 7.11 Å². The molecule has 11 heteroatoms. The third-order valence-corrected chi connectivity index (χ3v) is 4.70. The van der Waals surface area contributed by atoms with Gasteiger partial charge in [0.15, 0.2) is 0 Å². The van der Waals surface area contributed by atoms with E-state index in [9.17, 15) is 26.4 Å². The van der Waals surface area contributed by atoms with Crippen LogP contribution in [0.4, 0.5) is 13.2 Å². The number of carbonyl (C=O) groups is 1. The lowest BCUT2D eigenvalue weighted by molar-refractivity contribution is -0.142. The van der Waals surface area contributed by atoms with Gasteiger partial charge in [0, 0.05) is 18.3 Å². The standard InChI is InChI=1S/C14H14F3N3O4S/c1-24-13(21)12(6-10-7-18-8-19-10)20-25(22,23)11-4-2-3-9(5-11)14(15,16)17/h2-5,7-8,12,20H,6H2,1H3,(H,18,19). The van der Waals surface area contributed by atoms with Gasteiger partial charge in [-0.3, -0.25) is 4.79 Å². The second kappa shape index (κ2) is 7.23. The summed E-state index contributed by atoms with van der Waals surface area (Å²) in [5.41, 5.74) is -0.666. The van der Waals surface area contributed by atoms with Crippen LogP contribution in [0.15, 0.2) is 41.7 Å². The normalized spacial score (nSPS) is 13.4. The molecule has 1 atom stereocenters. The van der Waals surface area contributed by atoms with E-state index in [0.29, 0.717) is 11.8 Å². The van der Waals surface area contributed by atoms with Gasteiger partial charge in [-0.05, 0) is 18.2 Å².